The van der Waals surface area contributed by atoms with Crippen LogP contribution in [0.5, 0.6) is 0 Å². The van der Waals surface area contributed by atoms with Gasteiger partial charge < -0.3 is 31.5 Å². The first kappa shape index (κ1) is 36.1. The molecule has 5 amide bonds. The van der Waals surface area contributed by atoms with Gasteiger partial charge in [-0.25, -0.2) is 9.59 Å². The molecule has 230 valence electrons. The Morgan fingerprint density at radius 3 is 1.64 bits per heavy atom. The van der Waals surface area contributed by atoms with E-state index < -0.39 is 0 Å². The van der Waals surface area contributed by atoms with Crippen molar-refractivity contribution >= 4 is 39.2 Å². The van der Waals surface area contributed by atoms with Gasteiger partial charge in [0.25, 0.3) is 0 Å². The van der Waals surface area contributed by atoms with Gasteiger partial charge in [-0.15, -0.1) is 0 Å². The summed E-state index contributed by atoms with van der Waals surface area (Å²) in [6, 6.07) is 15.6. The number of hydrogen-bond donors (Lipinski definition) is 5. The number of hydrogen-bond acceptors (Lipinski definition) is 4. The summed E-state index contributed by atoms with van der Waals surface area (Å²) in [6.45, 7) is 11.5. The smallest absolute Gasteiger partial charge is 0.319 e. The molecule has 11 heteroatoms. The number of aryl methyl sites for hydroxylation is 2. The largest absolute Gasteiger partial charge is 0.342 e. The second-order valence-corrected chi connectivity index (χ2v) is 10.9. The number of nitrogens with zero attached hydrogens (tertiary/aromatic N) is 1. The van der Waals surface area contributed by atoms with E-state index in [1.807, 2.05) is 81.1 Å². The molecular weight excluding hydrogens is 773 g/mol. The van der Waals surface area contributed by atoms with Crippen LogP contribution in [0.25, 0.3) is 0 Å². The van der Waals surface area contributed by atoms with Crippen LogP contribution in [0.4, 0.5) is 21.0 Å². The van der Waals surface area contributed by atoms with Crippen LogP contribution >= 0.6 is 9.84 Å². The van der Waals surface area contributed by atoms with E-state index in [0.717, 1.165) is 75.2 Å². The van der Waals surface area contributed by atoms with Crippen LogP contribution < -0.4 is 26.6 Å². The number of anilines is 2. The van der Waals surface area contributed by atoms with Gasteiger partial charge in [-0.05, 0) is 83.3 Å². The van der Waals surface area contributed by atoms with Crippen LogP contribution in [0.3, 0.4) is 0 Å². The molecule has 0 aromatic heterocycles. The zero-order valence-corrected chi connectivity index (χ0v) is 30.8. The molecule has 0 aliphatic carbocycles. The van der Waals surface area contributed by atoms with Gasteiger partial charge >= 0.3 is 12.1 Å². The molecule has 2 saturated heterocycles. The number of carbonyl (C=O) groups is 3. The quantitative estimate of drug-likeness (QED) is 0.262. The number of benzene rings is 2. The fraction of sp³-hybridized carbons (Fsp3) is 0.516. The zero-order chi connectivity index (χ0) is 30.9. The van der Waals surface area contributed by atoms with Gasteiger partial charge in [0, 0.05) is 73.6 Å². The number of carbonyl (C=O) groups excluding carboxylic acids is 3. The van der Waals surface area contributed by atoms with Crippen molar-refractivity contribution in [2.75, 3.05) is 36.8 Å². The third kappa shape index (κ3) is 13.5. The van der Waals surface area contributed by atoms with Crippen molar-refractivity contribution in [2.24, 2.45) is 5.92 Å². The molecule has 0 saturated carbocycles. The molecule has 0 bridgehead atoms. The van der Waals surface area contributed by atoms with E-state index in [0.29, 0.717) is 6.04 Å². The fourth-order valence-corrected chi connectivity index (χ4v) is 4.68. The number of amides is 5. The predicted octanol–water partition coefficient (Wildman–Crippen LogP) is 5.08. The van der Waals surface area contributed by atoms with Gasteiger partial charge in [-0.1, -0.05) is 49.2 Å². The first-order valence-corrected chi connectivity index (χ1v) is 14.5. The van der Waals surface area contributed by atoms with E-state index in [-0.39, 0.29) is 61.0 Å². The van der Waals surface area contributed by atoms with Crippen molar-refractivity contribution in [2.45, 2.75) is 71.9 Å². The summed E-state index contributed by atoms with van der Waals surface area (Å²) >= 11 is 0. The Kier molecular flexibility index (Phi) is 17.1. The monoisotopic (exact) mass is 824 g/mol. The van der Waals surface area contributed by atoms with Crippen molar-refractivity contribution in [3.05, 3.63) is 59.7 Å². The average molecular weight is 825 g/mol. The van der Waals surface area contributed by atoms with Gasteiger partial charge in [0.05, 0.1) is 1.28 Å². The van der Waals surface area contributed by atoms with Crippen molar-refractivity contribution in [3.63, 3.8) is 0 Å². The Balaban J connectivity index is 0.000000412. The Labute approximate surface area is 279 Å². The Hall–Kier alpha value is -2.11. The topological polar surface area (TPSA) is 115 Å². The molecule has 2 aliphatic heterocycles. The first-order chi connectivity index (χ1) is 20.2. The summed E-state index contributed by atoms with van der Waals surface area (Å²) in [5, 5.41) is 15.0. The second-order valence-electron chi connectivity index (χ2n) is 10.9. The number of rotatable bonds is 6. The SMILES string of the molecule is CCC(C)C(=O)N1CCC(NC(=O)Nc2ccc(C)cc2)CC1.Cc1ccc(NC(=O)NC2CCNCC2)cc1.[3H]P.[U]. The maximum absolute atomic E-state index is 12.2. The predicted molar refractivity (Wildman–Crippen MR) is 173 cm³/mol. The molecule has 0 spiro atoms. The Morgan fingerprint density at radius 2 is 1.24 bits per heavy atom. The summed E-state index contributed by atoms with van der Waals surface area (Å²) in [5.74, 6) is 0.319. The molecule has 2 aromatic rings. The van der Waals surface area contributed by atoms with Gasteiger partial charge in [0.1, 0.15) is 0 Å². The molecule has 4 rings (SSSR count). The number of likely N-dealkylation sites (tertiary alicyclic amines) is 1. The summed E-state index contributed by atoms with van der Waals surface area (Å²) in [6.07, 6.45) is 4.49. The molecule has 2 unspecified atom stereocenters. The Bertz CT molecular complexity index is 1100. The summed E-state index contributed by atoms with van der Waals surface area (Å²) in [7, 11) is 1.67. The molecule has 0 radical (unpaired) electrons. The molecule has 9 nitrogen and oxygen atoms in total. The number of piperidine rings is 2. The summed E-state index contributed by atoms with van der Waals surface area (Å²) < 4.78 is 5.67. The van der Waals surface area contributed by atoms with Crippen molar-refractivity contribution in [1.29, 1.82) is 1.28 Å². The number of urea groups is 2. The van der Waals surface area contributed by atoms with E-state index in [2.05, 4.69) is 26.6 Å². The number of nitrogens with one attached hydrogen (secondary N) is 5. The van der Waals surface area contributed by atoms with Crippen LogP contribution in [0.1, 0.15) is 57.1 Å². The van der Waals surface area contributed by atoms with Gasteiger partial charge in [-0.2, -0.15) is 9.84 Å². The minimum absolute atomic E-state index is 0. The molecule has 2 fully saturated rings. The minimum Gasteiger partial charge on any atom is -0.342 e. The third-order valence-electron chi connectivity index (χ3n) is 7.47. The van der Waals surface area contributed by atoms with Gasteiger partial charge in [-0.3, -0.25) is 4.79 Å². The van der Waals surface area contributed by atoms with Crippen LogP contribution in [0.15, 0.2) is 48.5 Å². The van der Waals surface area contributed by atoms with Crippen LogP contribution in [-0.2, 0) is 4.79 Å². The second kappa shape index (κ2) is 20.0. The summed E-state index contributed by atoms with van der Waals surface area (Å²) in [5.41, 5.74) is 3.98. The molecule has 42 heavy (non-hydrogen) atoms. The average Bonchev–Trinajstić information content (AvgIpc) is 3.01. The molecule has 2 atom stereocenters. The standard InChI is InChI=1S/C18H27N3O2.C13H19N3O.H3P.U/c1-4-14(3)17(22)21-11-9-16(10-12-21)20-18(23)19-15-7-5-13(2)6-8-15;1-10-2-4-11(5-3-10)15-13(17)16-12-6-8-14-9-7-12;;/h5-8,14,16H,4,9-12H2,1-3H3,(H2,19,20,23);2-5,12,14H,6-9H2,1H3,(H2,15,16,17);1H3;/i;;1T;. The zero-order valence-electron chi connectivity index (χ0n) is 26.5. The van der Waals surface area contributed by atoms with Crippen LogP contribution in [-0.4, -0.2) is 62.4 Å². The molecule has 5 N–H and O–H groups in total. The molecule has 2 heterocycles. The van der Waals surface area contributed by atoms with Crippen LogP contribution in [0, 0.1) is 50.9 Å². The van der Waals surface area contributed by atoms with Crippen molar-refractivity contribution in [1.82, 2.24) is 20.9 Å². The molecule has 2 aliphatic rings. The van der Waals surface area contributed by atoms with E-state index >= 15 is 0 Å². The fourth-order valence-electron chi connectivity index (χ4n) is 4.68. The van der Waals surface area contributed by atoms with Gasteiger partial charge in [0.15, 0.2) is 0 Å². The molecular formula is C31H49N6O3PU. The minimum atomic E-state index is -0.180. The van der Waals surface area contributed by atoms with Crippen molar-refractivity contribution < 1.29 is 45.5 Å². The van der Waals surface area contributed by atoms with Crippen molar-refractivity contribution in [3.8, 4) is 0 Å². The van der Waals surface area contributed by atoms with E-state index in [1.165, 1.54) is 5.56 Å². The molecule has 2 aromatic carbocycles. The van der Waals surface area contributed by atoms with E-state index in [9.17, 15) is 14.4 Å². The first-order valence-electron chi connectivity index (χ1n) is 15.1. The normalized spacial score (nSPS) is 16.0. The maximum Gasteiger partial charge on any atom is 0.319 e. The van der Waals surface area contributed by atoms with E-state index in [1.54, 1.807) is 9.84 Å². The Morgan fingerprint density at radius 1 is 0.833 bits per heavy atom. The van der Waals surface area contributed by atoms with Crippen LogP contribution in [0.2, 0.25) is 0 Å². The summed E-state index contributed by atoms with van der Waals surface area (Å²) in [4.78, 5) is 37.8. The van der Waals surface area contributed by atoms with E-state index in [4.69, 9.17) is 1.28 Å². The third-order valence-corrected chi connectivity index (χ3v) is 7.47. The van der Waals surface area contributed by atoms with Gasteiger partial charge in [0.2, 0.25) is 5.91 Å². The maximum atomic E-state index is 12.2.